The number of thioether (sulfide) groups is 1. The zero-order valence-corrected chi connectivity index (χ0v) is 19.0. The van der Waals surface area contributed by atoms with Gasteiger partial charge in [-0.3, -0.25) is 4.79 Å². The quantitative estimate of drug-likeness (QED) is 0.472. The van der Waals surface area contributed by atoms with Gasteiger partial charge in [0.15, 0.2) is 5.78 Å². The summed E-state index contributed by atoms with van der Waals surface area (Å²) in [5.74, 6) is 1.05. The second-order valence-electron chi connectivity index (χ2n) is 8.79. The lowest BCUT2D eigenvalue weighted by molar-refractivity contribution is 0.0975. The molecular formula is C24H27ClFN3OS. The third kappa shape index (κ3) is 3.53. The normalized spacial score (nSPS) is 24.5. The maximum Gasteiger partial charge on any atom is 0.164 e. The van der Waals surface area contributed by atoms with Gasteiger partial charge >= 0.3 is 0 Å². The van der Waals surface area contributed by atoms with Gasteiger partial charge in [-0.1, -0.05) is 17.7 Å². The van der Waals surface area contributed by atoms with E-state index in [0.717, 1.165) is 56.1 Å². The minimum Gasteiger partial charge on any atom is -0.398 e. The molecule has 0 radical (unpaired) electrons. The average molecular weight is 460 g/mol. The Morgan fingerprint density at radius 2 is 2.23 bits per heavy atom. The molecule has 3 aliphatic rings. The van der Waals surface area contributed by atoms with Gasteiger partial charge < -0.3 is 16.0 Å². The number of anilines is 2. The van der Waals surface area contributed by atoms with Gasteiger partial charge in [0.25, 0.3) is 0 Å². The molecule has 5 rings (SSSR count). The summed E-state index contributed by atoms with van der Waals surface area (Å²) in [5, 5.41) is 4.44. The maximum atomic E-state index is 13.3. The van der Waals surface area contributed by atoms with Crippen LogP contribution in [0.5, 0.6) is 0 Å². The molecule has 0 unspecified atom stereocenters. The van der Waals surface area contributed by atoms with E-state index in [1.807, 2.05) is 11.8 Å². The zero-order valence-electron chi connectivity index (χ0n) is 17.4. The van der Waals surface area contributed by atoms with E-state index in [0.29, 0.717) is 17.9 Å². The molecule has 2 aromatic carbocycles. The van der Waals surface area contributed by atoms with Crippen LogP contribution in [0.1, 0.15) is 53.9 Å². The highest BCUT2D eigenvalue weighted by Gasteiger charge is 2.53. The molecule has 2 aromatic rings. The number of rotatable bonds is 5. The lowest BCUT2D eigenvalue weighted by Gasteiger charge is -2.47. The highest BCUT2D eigenvalue weighted by molar-refractivity contribution is 7.99. The van der Waals surface area contributed by atoms with E-state index >= 15 is 0 Å². The highest BCUT2D eigenvalue weighted by Crippen LogP contribution is 2.57. The molecule has 4 nitrogen and oxygen atoms in total. The van der Waals surface area contributed by atoms with Crippen molar-refractivity contribution in [2.24, 2.45) is 0 Å². The summed E-state index contributed by atoms with van der Waals surface area (Å²) in [4.78, 5) is 16.6. The number of piperidine rings is 1. The number of hydrogen-bond donors (Lipinski definition) is 2. The van der Waals surface area contributed by atoms with Crippen molar-refractivity contribution in [1.29, 1.82) is 0 Å². The molecule has 3 aliphatic heterocycles. The summed E-state index contributed by atoms with van der Waals surface area (Å²) in [6.07, 6.45) is 4.34. The first-order valence-electron chi connectivity index (χ1n) is 11.0. The number of halogens is 2. The molecule has 0 amide bonds. The number of fused-ring (bicyclic) bond motifs is 3. The molecule has 164 valence electrons. The van der Waals surface area contributed by atoms with E-state index in [2.05, 4.69) is 22.3 Å². The fourth-order valence-corrected chi connectivity index (χ4v) is 7.13. The monoisotopic (exact) mass is 459 g/mol. The first kappa shape index (κ1) is 21.1. The minimum atomic E-state index is -0.414. The number of nitrogens with zero attached hydrogens (tertiary/aromatic N) is 1. The van der Waals surface area contributed by atoms with E-state index < -0.39 is 5.82 Å². The second kappa shape index (κ2) is 8.30. The predicted octanol–water partition coefficient (Wildman–Crippen LogP) is 5.25. The Labute approximate surface area is 191 Å². The molecule has 3 heterocycles. The molecule has 1 saturated heterocycles. The van der Waals surface area contributed by atoms with Crippen molar-refractivity contribution in [3.05, 3.63) is 52.3 Å². The van der Waals surface area contributed by atoms with Crippen LogP contribution in [0.3, 0.4) is 0 Å². The summed E-state index contributed by atoms with van der Waals surface area (Å²) < 4.78 is 13.3. The molecule has 0 spiro atoms. The summed E-state index contributed by atoms with van der Waals surface area (Å²) in [7, 11) is 0. The SMILES string of the molecule is Nc1cc(F)ccc1C(=O)CCC[C@]12CCNC[C@H]1c1ccc(Cl)c3c1N2CCCS3. The summed E-state index contributed by atoms with van der Waals surface area (Å²) in [6.45, 7) is 2.97. The lowest BCUT2D eigenvalue weighted by atomic mass is 9.73. The van der Waals surface area contributed by atoms with Gasteiger partial charge in [0.1, 0.15) is 5.82 Å². The van der Waals surface area contributed by atoms with Gasteiger partial charge in [-0.25, -0.2) is 4.39 Å². The van der Waals surface area contributed by atoms with Crippen molar-refractivity contribution in [1.82, 2.24) is 5.32 Å². The number of carbonyl (C=O) groups excluding carboxylic acids is 1. The molecule has 0 aliphatic carbocycles. The van der Waals surface area contributed by atoms with Gasteiger partial charge in [0, 0.05) is 47.1 Å². The van der Waals surface area contributed by atoms with Crippen LogP contribution < -0.4 is 16.0 Å². The second-order valence-corrected chi connectivity index (χ2v) is 10.3. The average Bonchev–Trinajstić information content (AvgIpc) is 2.87. The van der Waals surface area contributed by atoms with E-state index in [4.69, 9.17) is 17.3 Å². The van der Waals surface area contributed by atoms with Crippen LogP contribution in [0, 0.1) is 5.82 Å². The van der Waals surface area contributed by atoms with Gasteiger partial charge in [0.2, 0.25) is 0 Å². The Morgan fingerprint density at radius 3 is 3.06 bits per heavy atom. The number of nitrogens with two attached hydrogens (primary N) is 1. The number of ketones is 1. The fourth-order valence-electron chi connectivity index (χ4n) is 5.76. The van der Waals surface area contributed by atoms with Crippen molar-refractivity contribution in [3.63, 3.8) is 0 Å². The summed E-state index contributed by atoms with van der Waals surface area (Å²) >= 11 is 8.49. The van der Waals surface area contributed by atoms with Crippen LogP contribution >= 0.6 is 23.4 Å². The Hall–Kier alpha value is -1.76. The molecule has 0 aromatic heterocycles. The van der Waals surface area contributed by atoms with Gasteiger partial charge in [-0.05, 0) is 67.8 Å². The van der Waals surface area contributed by atoms with Crippen molar-refractivity contribution >= 4 is 40.5 Å². The molecule has 2 atom stereocenters. The Morgan fingerprint density at radius 1 is 1.35 bits per heavy atom. The maximum absolute atomic E-state index is 13.3. The number of carbonyl (C=O) groups is 1. The molecular weight excluding hydrogens is 433 g/mol. The van der Waals surface area contributed by atoms with Gasteiger partial charge in [-0.15, -0.1) is 11.8 Å². The summed E-state index contributed by atoms with van der Waals surface area (Å²) in [5.41, 5.74) is 9.28. The Kier molecular flexibility index (Phi) is 5.65. The fraction of sp³-hybridized carbons (Fsp3) is 0.458. The Bertz CT molecular complexity index is 1030. The number of benzene rings is 2. The minimum absolute atomic E-state index is 0.00921. The van der Waals surface area contributed by atoms with Crippen LogP contribution in [-0.2, 0) is 0 Å². The molecule has 1 fully saturated rings. The third-order valence-electron chi connectivity index (χ3n) is 7.13. The molecule has 31 heavy (non-hydrogen) atoms. The van der Waals surface area contributed by atoms with Crippen molar-refractivity contribution in [2.45, 2.75) is 48.5 Å². The first-order chi connectivity index (χ1) is 15.0. The molecule has 3 N–H and O–H groups in total. The predicted molar refractivity (Wildman–Crippen MR) is 126 cm³/mol. The van der Waals surface area contributed by atoms with Crippen molar-refractivity contribution < 1.29 is 9.18 Å². The molecule has 0 bridgehead atoms. The van der Waals surface area contributed by atoms with Gasteiger partial charge in [0.05, 0.1) is 10.7 Å². The van der Waals surface area contributed by atoms with Crippen LogP contribution in [0.2, 0.25) is 5.02 Å². The third-order valence-corrected chi connectivity index (χ3v) is 8.75. The number of hydrogen-bond acceptors (Lipinski definition) is 5. The largest absolute Gasteiger partial charge is 0.398 e. The summed E-state index contributed by atoms with van der Waals surface area (Å²) in [6, 6.07) is 8.30. The van der Waals surface area contributed by atoms with E-state index in [1.54, 1.807) is 0 Å². The lowest BCUT2D eigenvalue weighted by Crippen LogP contribution is -2.56. The number of nitrogens with one attached hydrogen (secondary N) is 1. The van der Waals surface area contributed by atoms with Crippen LogP contribution in [-0.4, -0.2) is 36.7 Å². The van der Waals surface area contributed by atoms with E-state index in [9.17, 15) is 9.18 Å². The molecule has 7 heteroatoms. The number of Topliss-reactive ketones (excluding diaryl/α,β-unsaturated/α-hetero) is 1. The zero-order chi connectivity index (χ0) is 21.6. The highest BCUT2D eigenvalue weighted by atomic mass is 35.5. The van der Waals surface area contributed by atoms with Crippen LogP contribution in [0.15, 0.2) is 35.2 Å². The van der Waals surface area contributed by atoms with Crippen molar-refractivity contribution in [3.8, 4) is 0 Å². The van der Waals surface area contributed by atoms with Crippen LogP contribution in [0.25, 0.3) is 0 Å². The first-order valence-corrected chi connectivity index (χ1v) is 12.4. The van der Waals surface area contributed by atoms with E-state index in [-0.39, 0.29) is 17.0 Å². The molecule has 0 saturated carbocycles. The number of nitrogen functional groups attached to an aromatic ring is 1. The Balaban J connectivity index is 1.41. The topological polar surface area (TPSA) is 58.4 Å². The van der Waals surface area contributed by atoms with Crippen molar-refractivity contribution in [2.75, 3.05) is 36.0 Å². The van der Waals surface area contributed by atoms with E-state index in [1.165, 1.54) is 34.3 Å². The standard InChI is InChI=1S/C24H27ClFN3OS/c25-19-7-6-16-18-14-28-10-9-24(18,29-11-2-12-31-23(19)22(16)29)8-1-3-21(30)17-5-4-15(26)13-20(17)27/h4-7,13,18,28H,1-3,8-12,14,27H2/t18-,24-/m0/s1. The van der Waals surface area contributed by atoms with Gasteiger partial charge in [-0.2, -0.15) is 0 Å². The van der Waals surface area contributed by atoms with Crippen LogP contribution in [0.4, 0.5) is 15.8 Å². The smallest absolute Gasteiger partial charge is 0.164 e.